The maximum atomic E-state index is 11.9. The summed E-state index contributed by atoms with van der Waals surface area (Å²) in [5.41, 5.74) is 0. The Bertz CT molecular complexity index is 466. The van der Waals surface area contributed by atoms with Crippen LogP contribution in [0.5, 0.6) is 0 Å². The molecule has 0 atom stereocenters. The lowest BCUT2D eigenvalue weighted by molar-refractivity contribution is -0.120. The molecule has 1 saturated carbocycles. The number of carbonyl (C=O) groups excluding carboxylic acids is 1. The SMILES string of the molecule is CCCCCCCCS(=O)(=O)[O-].O=C(C[S+]1CCOCC1)C1CCCC1. The average Bonchev–Trinajstić information content (AvgIpc) is 3.13. The summed E-state index contributed by atoms with van der Waals surface area (Å²) < 4.78 is 35.8. The topological polar surface area (TPSA) is 83.5 Å². The molecule has 26 heavy (non-hydrogen) atoms. The van der Waals surface area contributed by atoms with Crippen molar-refractivity contribution >= 4 is 26.8 Å². The van der Waals surface area contributed by atoms with Gasteiger partial charge in [0.25, 0.3) is 0 Å². The van der Waals surface area contributed by atoms with Gasteiger partial charge in [-0.1, -0.05) is 51.9 Å². The fourth-order valence-electron chi connectivity index (χ4n) is 3.33. The molecule has 2 fully saturated rings. The van der Waals surface area contributed by atoms with Crippen LogP contribution < -0.4 is 0 Å². The minimum Gasteiger partial charge on any atom is -0.748 e. The van der Waals surface area contributed by atoms with Crippen molar-refractivity contribution in [3.8, 4) is 0 Å². The van der Waals surface area contributed by atoms with Crippen LogP contribution in [0.1, 0.15) is 71.1 Å². The molecule has 0 aromatic rings. The van der Waals surface area contributed by atoms with Gasteiger partial charge < -0.3 is 9.29 Å². The molecule has 154 valence electrons. The number of hydrogen-bond acceptors (Lipinski definition) is 5. The Labute approximate surface area is 162 Å². The molecule has 1 aliphatic carbocycles. The second kappa shape index (κ2) is 14.0. The van der Waals surface area contributed by atoms with Gasteiger partial charge in [-0.2, -0.15) is 0 Å². The molecule has 1 saturated heterocycles. The fraction of sp³-hybridized carbons (Fsp3) is 0.947. The first-order chi connectivity index (χ1) is 12.4. The maximum Gasteiger partial charge on any atom is 0.184 e. The van der Waals surface area contributed by atoms with Crippen molar-refractivity contribution in [2.75, 3.05) is 36.2 Å². The van der Waals surface area contributed by atoms with E-state index in [1.54, 1.807) is 0 Å². The lowest BCUT2D eigenvalue weighted by Gasteiger charge is -2.15. The van der Waals surface area contributed by atoms with Crippen LogP contribution in [0.25, 0.3) is 0 Å². The molecule has 5 nitrogen and oxygen atoms in total. The van der Waals surface area contributed by atoms with E-state index in [2.05, 4.69) is 6.92 Å². The Balaban J connectivity index is 0.000000265. The van der Waals surface area contributed by atoms with Crippen LogP contribution in [0, 0.1) is 5.92 Å². The molecule has 2 rings (SSSR count). The van der Waals surface area contributed by atoms with Gasteiger partial charge in [-0.05, 0) is 30.2 Å². The van der Waals surface area contributed by atoms with Gasteiger partial charge in [0.05, 0.1) is 23.3 Å². The monoisotopic (exact) mass is 408 g/mol. The van der Waals surface area contributed by atoms with Gasteiger partial charge in [0.2, 0.25) is 0 Å². The minimum atomic E-state index is -3.97. The van der Waals surface area contributed by atoms with Crippen molar-refractivity contribution < 1.29 is 22.5 Å². The van der Waals surface area contributed by atoms with Crippen LogP contribution >= 0.6 is 0 Å². The third-order valence-corrected chi connectivity index (χ3v) is 7.91. The number of hydrogen-bond donors (Lipinski definition) is 0. The van der Waals surface area contributed by atoms with Gasteiger partial charge in [0.15, 0.2) is 11.5 Å². The zero-order valence-electron chi connectivity index (χ0n) is 16.2. The van der Waals surface area contributed by atoms with Crippen LogP contribution in [0.15, 0.2) is 0 Å². The first kappa shape index (κ1) is 23.9. The summed E-state index contributed by atoms with van der Waals surface area (Å²) in [6.45, 7) is 3.88. The average molecular weight is 409 g/mol. The van der Waals surface area contributed by atoms with Crippen molar-refractivity contribution in [2.45, 2.75) is 71.1 Å². The highest BCUT2D eigenvalue weighted by Gasteiger charge is 2.30. The number of ketones is 1. The molecule has 0 unspecified atom stereocenters. The molecule has 0 amide bonds. The quantitative estimate of drug-likeness (QED) is 0.315. The highest BCUT2D eigenvalue weighted by molar-refractivity contribution is 7.97. The van der Waals surface area contributed by atoms with E-state index in [1.807, 2.05) is 0 Å². The highest BCUT2D eigenvalue weighted by Crippen LogP contribution is 2.26. The molecule has 0 radical (unpaired) electrons. The Morgan fingerprint density at radius 1 is 1.04 bits per heavy atom. The van der Waals surface area contributed by atoms with Crippen LogP contribution in [-0.4, -0.2) is 55.0 Å². The molecule has 0 bridgehead atoms. The van der Waals surface area contributed by atoms with Crippen molar-refractivity contribution in [3.63, 3.8) is 0 Å². The number of ether oxygens (including phenoxy) is 1. The largest absolute Gasteiger partial charge is 0.748 e. The molecular formula is C19H36O5S2. The predicted octanol–water partition coefficient (Wildman–Crippen LogP) is 3.29. The van der Waals surface area contributed by atoms with E-state index < -0.39 is 10.1 Å². The van der Waals surface area contributed by atoms with Gasteiger partial charge in [-0.25, -0.2) is 8.42 Å². The third kappa shape index (κ3) is 12.3. The van der Waals surface area contributed by atoms with E-state index in [4.69, 9.17) is 4.74 Å². The van der Waals surface area contributed by atoms with Crippen LogP contribution in [-0.2, 0) is 30.5 Å². The third-order valence-electron chi connectivity index (χ3n) is 4.94. The summed E-state index contributed by atoms with van der Waals surface area (Å²) in [7, 11) is -3.61. The Kier molecular flexibility index (Phi) is 12.9. The standard InChI is InChI=1S/C11H19O2S.C8H18O3S/c12-11(10-3-1-2-4-10)9-14-7-5-13-6-8-14;1-2-3-4-5-6-7-8-12(9,10)11/h10H,1-9H2;2-8H2,1H3,(H,9,10,11)/q+1;/p-1. The molecule has 0 N–H and O–H groups in total. The smallest absolute Gasteiger partial charge is 0.184 e. The van der Waals surface area contributed by atoms with Crippen LogP contribution in [0.2, 0.25) is 0 Å². The predicted molar refractivity (Wildman–Crippen MR) is 108 cm³/mol. The second-order valence-corrected chi connectivity index (χ2v) is 11.1. The Morgan fingerprint density at radius 2 is 1.62 bits per heavy atom. The molecular weight excluding hydrogens is 372 g/mol. The van der Waals surface area contributed by atoms with Gasteiger partial charge >= 0.3 is 0 Å². The highest BCUT2D eigenvalue weighted by atomic mass is 32.2. The number of Topliss-reactive ketones (excluding diaryl/α,β-unsaturated/α-hetero) is 1. The van der Waals surface area contributed by atoms with Gasteiger partial charge in [0.1, 0.15) is 11.5 Å². The maximum absolute atomic E-state index is 11.9. The minimum absolute atomic E-state index is 0.195. The van der Waals surface area contributed by atoms with E-state index in [1.165, 1.54) is 25.7 Å². The number of rotatable bonds is 10. The first-order valence-electron chi connectivity index (χ1n) is 10.1. The van der Waals surface area contributed by atoms with Crippen molar-refractivity contribution in [3.05, 3.63) is 0 Å². The molecule has 2 aliphatic rings. The molecule has 0 aromatic carbocycles. The Hall–Kier alpha value is -0.110. The molecule has 0 aromatic heterocycles. The lowest BCUT2D eigenvalue weighted by Crippen LogP contribution is -2.33. The number of unbranched alkanes of at least 4 members (excludes halogenated alkanes) is 5. The summed E-state index contributed by atoms with van der Waals surface area (Å²) in [6, 6.07) is 0. The summed E-state index contributed by atoms with van der Waals surface area (Å²) >= 11 is 0. The van der Waals surface area contributed by atoms with E-state index in [0.29, 0.717) is 29.0 Å². The normalized spacial score (nSPS) is 19.2. The summed E-state index contributed by atoms with van der Waals surface area (Å²) in [5.74, 6) is 3.88. The Morgan fingerprint density at radius 3 is 2.19 bits per heavy atom. The second-order valence-electron chi connectivity index (χ2n) is 7.25. The summed E-state index contributed by atoms with van der Waals surface area (Å²) in [5, 5.41) is 0. The lowest BCUT2D eigenvalue weighted by atomic mass is 10.0. The van der Waals surface area contributed by atoms with Crippen molar-refractivity contribution in [2.24, 2.45) is 5.92 Å². The van der Waals surface area contributed by atoms with E-state index >= 15 is 0 Å². The molecule has 1 aliphatic heterocycles. The first-order valence-corrected chi connectivity index (χ1v) is 13.4. The summed E-state index contributed by atoms with van der Waals surface area (Å²) in [4.78, 5) is 11.9. The van der Waals surface area contributed by atoms with Crippen LogP contribution in [0.3, 0.4) is 0 Å². The summed E-state index contributed by atoms with van der Waals surface area (Å²) in [6.07, 6.45) is 10.8. The van der Waals surface area contributed by atoms with Gasteiger partial charge in [-0.3, -0.25) is 4.79 Å². The van der Waals surface area contributed by atoms with Gasteiger partial charge in [-0.15, -0.1) is 0 Å². The zero-order chi connectivity index (χ0) is 19.3. The van der Waals surface area contributed by atoms with Crippen molar-refractivity contribution in [1.82, 2.24) is 0 Å². The number of carbonyl (C=O) groups is 1. The zero-order valence-corrected chi connectivity index (χ0v) is 17.9. The van der Waals surface area contributed by atoms with E-state index in [-0.39, 0.29) is 5.75 Å². The van der Waals surface area contributed by atoms with E-state index in [0.717, 1.165) is 62.6 Å². The van der Waals surface area contributed by atoms with Crippen molar-refractivity contribution in [1.29, 1.82) is 0 Å². The molecule has 0 spiro atoms. The van der Waals surface area contributed by atoms with Gasteiger partial charge in [0, 0.05) is 11.7 Å². The fourth-order valence-corrected chi connectivity index (χ4v) is 5.72. The van der Waals surface area contributed by atoms with E-state index in [9.17, 15) is 17.8 Å². The van der Waals surface area contributed by atoms with Crippen LogP contribution in [0.4, 0.5) is 0 Å². The molecule has 7 heteroatoms. The molecule has 1 heterocycles.